The quantitative estimate of drug-likeness (QED) is 0.0446. The summed E-state index contributed by atoms with van der Waals surface area (Å²) in [6.45, 7) is 15.6. The number of likely N-dealkylation sites (tertiary alicyclic amines) is 2. The molecule has 5 saturated heterocycles. The molecule has 0 aromatic heterocycles. The number of piperidine rings is 5. The summed E-state index contributed by atoms with van der Waals surface area (Å²) in [5.41, 5.74) is 5.37. The molecule has 72 heavy (non-hydrogen) atoms. The van der Waals surface area contributed by atoms with Gasteiger partial charge in [-0.15, -0.1) is 0 Å². The molecule has 5 aliphatic heterocycles. The molecule has 0 amide bonds. The highest BCUT2D eigenvalue weighted by Gasteiger charge is 2.37. The fourth-order valence-electron chi connectivity index (χ4n) is 11.6. The lowest BCUT2D eigenvalue weighted by Crippen LogP contribution is -2.54. The van der Waals surface area contributed by atoms with E-state index in [4.69, 9.17) is 18.9 Å². The van der Waals surface area contributed by atoms with Gasteiger partial charge in [0.15, 0.2) is 0 Å². The van der Waals surface area contributed by atoms with Crippen molar-refractivity contribution in [1.29, 1.82) is 0 Å². The summed E-state index contributed by atoms with van der Waals surface area (Å²) >= 11 is 0. The van der Waals surface area contributed by atoms with E-state index in [1.165, 1.54) is 48.2 Å². The van der Waals surface area contributed by atoms with Crippen LogP contribution in [0.15, 0.2) is 121 Å². The Morgan fingerprint density at radius 3 is 1.25 bits per heavy atom. The SMILES string of the molecule is CCOC(=O)CCCCCN1CC[C@@H](N(Cc2ccccc2)Cc2ccccc2)[C@@H](OC)C1.CO[C@H]1CN(CCCCCC(=O)OC2CN3CCC2CC3)CC[C@H]1N(Cc1ccccc1)Cc1ccccc1. The molecule has 0 saturated carbocycles. The number of rotatable bonds is 26. The van der Waals surface area contributed by atoms with E-state index in [0.29, 0.717) is 37.5 Å². The molecule has 11 heteroatoms. The third-order valence-corrected chi connectivity index (χ3v) is 15.6. The minimum Gasteiger partial charge on any atom is -0.466 e. The maximum absolute atomic E-state index is 12.4. The van der Waals surface area contributed by atoms with Crippen molar-refractivity contribution >= 4 is 11.9 Å². The Hall–Kier alpha value is -4.46. The molecule has 5 heterocycles. The van der Waals surface area contributed by atoms with Crippen LogP contribution in [0.5, 0.6) is 0 Å². The van der Waals surface area contributed by atoms with Crippen molar-refractivity contribution in [3.05, 3.63) is 144 Å². The van der Waals surface area contributed by atoms with E-state index in [9.17, 15) is 9.59 Å². The fourth-order valence-corrected chi connectivity index (χ4v) is 11.6. The average Bonchev–Trinajstić information content (AvgIpc) is 3.42. The van der Waals surface area contributed by atoms with Gasteiger partial charge in [-0.05, 0) is 126 Å². The normalized spacial score (nSPS) is 23.4. The molecular weight excluding hydrogens is 899 g/mol. The Kier molecular flexibility index (Phi) is 23.6. The Labute approximate surface area is 433 Å². The maximum atomic E-state index is 12.4. The molecule has 11 nitrogen and oxygen atoms in total. The molecule has 5 fully saturated rings. The van der Waals surface area contributed by atoms with E-state index >= 15 is 0 Å². The van der Waals surface area contributed by atoms with Gasteiger partial charge >= 0.3 is 11.9 Å². The summed E-state index contributed by atoms with van der Waals surface area (Å²) in [4.78, 5) is 36.6. The van der Waals surface area contributed by atoms with Gasteiger partial charge in [0.25, 0.3) is 0 Å². The maximum Gasteiger partial charge on any atom is 0.306 e. The smallest absolute Gasteiger partial charge is 0.306 e. The van der Waals surface area contributed by atoms with Gasteiger partial charge in [-0.25, -0.2) is 0 Å². The number of hydrogen-bond donors (Lipinski definition) is 0. The number of esters is 2. The van der Waals surface area contributed by atoms with Crippen LogP contribution < -0.4 is 0 Å². The third-order valence-electron chi connectivity index (χ3n) is 15.6. The van der Waals surface area contributed by atoms with Gasteiger partial charge in [-0.2, -0.15) is 0 Å². The van der Waals surface area contributed by atoms with E-state index in [2.05, 4.69) is 146 Å². The zero-order valence-corrected chi connectivity index (χ0v) is 44.1. The first-order valence-corrected chi connectivity index (χ1v) is 27.6. The van der Waals surface area contributed by atoms with Crippen molar-refractivity contribution in [1.82, 2.24) is 24.5 Å². The molecular formula is C61H87N5O6. The van der Waals surface area contributed by atoms with Crippen molar-refractivity contribution in [3.63, 3.8) is 0 Å². The molecule has 2 bridgehead atoms. The molecule has 9 rings (SSSR count). The van der Waals surface area contributed by atoms with E-state index < -0.39 is 0 Å². The predicted molar refractivity (Wildman–Crippen MR) is 288 cm³/mol. The van der Waals surface area contributed by atoms with Crippen molar-refractivity contribution in [2.24, 2.45) is 5.92 Å². The predicted octanol–water partition coefficient (Wildman–Crippen LogP) is 9.88. The van der Waals surface area contributed by atoms with E-state index in [-0.39, 0.29) is 30.3 Å². The highest BCUT2D eigenvalue weighted by atomic mass is 16.5. The Morgan fingerprint density at radius 2 is 0.889 bits per heavy atom. The summed E-state index contributed by atoms with van der Waals surface area (Å²) in [6, 6.07) is 43.8. The number of unbranched alkanes of at least 4 members (excludes halogenated alkanes) is 4. The zero-order valence-electron chi connectivity index (χ0n) is 44.1. The van der Waals surface area contributed by atoms with Crippen LogP contribution in [0.4, 0.5) is 0 Å². The second-order valence-electron chi connectivity index (χ2n) is 20.7. The third kappa shape index (κ3) is 18.2. The highest BCUT2D eigenvalue weighted by molar-refractivity contribution is 5.69. The van der Waals surface area contributed by atoms with Gasteiger partial charge in [0.2, 0.25) is 0 Å². The second-order valence-corrected chi connectivity index (χ2v) is 20.7. The van der Waals surface area contributed by atoms with Gasteiger partial charge in [-0.1, -0.05) is 134 Å². The van der Waals surface area contributed by atoms with Crippen molar-refractivity contribution in [2.45, 2.75) is 141 Å². The number of methoxy groups -OCH3 is 2. The molecule has 392 valence electrons. The van der Waals surface area contributed by atoms with Crippen LogP contribution in [-0.2, 0) is 54.7 Å². The van der Waals surface area contributed by atoms with E-state index in [1.54, 1.807) is 0 Å². The molecule has 5 aliphatic rings. The highest BCUT2D eigenvalue weighted by Crippen LogP contribution is 2.30. The first-order valence-electron chi connectivity index (χ1n) is 27.6. The molecule has 5 atom stereocenters. The minimum atomic E-state index is -0.0744. The standard InChI is InChI=1S/C33H47N3O3.C28H40N2O3/c1-38-32-26-34(19-10-4-9-15-33(37)39-31-25-35-20-16-29(31)17-21-35)22-18-30(32)36(23-27-11-5-2-6-12-27)24-28-13-7-3-8-14-28;1-3-33-28(31)17-11-6-12-19-29-20-18-26(27(23-29)32-2)30(21-24-13-7-4-8-14-24)22-25-15-9-5-10-16-25/h2-3,5-8,11-14,29-32H,4,9-10,15-26H2,1H3;4-5,7-10,13-16,26-27H,3,6,11-12,17-23H2,1-2H3/t30-,31?,32+;26-,27+/m11/s1. The summed E-state index contributed by atoms with van der Waals surface area (Å²) in [6.07, 6.45) is 12.4. The van der Waals surface area contributed by atoms with Crippen LogP contribution in [-0.4, -0.2) is 147 Å². The summed E-state index contributed by atoms with van der Waals surface area (Å²) in [5, 5.41) is 0. The lowest BCUT2D eigenvalue weighted by Gasteiger charge is -2.44. The van der Waals surface area contributed by atoms with Crippen molar-refractivity contribution in [3.8, 4) is 0 Å². The molecule has 0 N–H and O–H groups in total. The number of hydrogen-bond acceptors (Lipinski definition) is 11. The monoisotopic (exact) mass is 986 g/mol. The zero-order chi connectivity index (χ0) is 50.2. The van der Waals surface area contributed by atoms with Gasteiger partial charge in [0, 0.05) is 85.0 Å². The van der Waals surface area contributed by atoms with Crippen LogP contribution in [0.3, 0.4) is 0 Å². The summed E-state index contributed by atoms with van der Waals surface area (Å²) < 4.78 is 23.0. The van der Waals surface area contributed by atoms with Crippen LogP contribution in [0.1, 0.15) is 106 Å². The van der Waals surface area contributed by atoms with Crippen LogP contribution in [0.2, 0.25) is 0 Å². The van der Waals surface area contributed by atoms with Gasteiger partial charge in [0.05, 0.1) is 18.8 Å². The Bertz CT molecular complexity index is 2010. The Balaban J connectivity index is 0.000000215. The van der Waals surface area contributed by atoms with Crippen LogP contribution in [0.25, 0.3) is 0 Å². The minimum absolute atomic E-state index is 0.00550. The number of carbonyl (C=O) groups excluding carboxylic acids is 2. The fraction of sp³-hybridized carbons (Fsp3) is 0.574. The number of ether oxygens (including phenoxy) is 4. The first-order chi connectivity index (χ1) is 35.4. The molecule has 0 spiro atoms. The second kappa shape index (κ2) is 30.7. The average molecular weight is 986 g/mol. The molecule has 1 unspecified atom stereocenters. The summed E-state index contributed by atoms with van der Waals surface area (Å²) in [5.74, 6) is 0.521. The van der Waals surface area contributed by atoms with Gasteiger partial charge in [0.1, 0.15) is 6.10 Å². The van der Waals surface area contributed by atoms with E-state index in [1.807, 2.05) is 21.1 Å². The van der Waals surface area contributed by atoms with Crippen LogP contribution >= 0.6 is 0 Å². The first kappa shape index (κ1) is 55.3. The number of fused-ring (bicyclic) bond motifs is 3. The van der Waals surface area contributed by atoms with E-state index in [0.717, 1.165) is 123 Å². The van der Waals surface area contributed by atoms with Crippen LogP contribution in [0, 0.1) is 5.92 Å². The molecule has 0 aliphatic carbocycles. The molecule has 4 aromatic carbocycles. The molecule has 0 radical (unpaired) electrons. The molecule has 4 aromatic rings. The largest absolute Gasteiger partial charge is 0.466 e. The van der Waals surface area contributed by atoms with Crippen molar-refractivity contribution < 1.29 is 28.5 Å². The van der Waals surface area contributed by atoms with Crippen molar-refractivity contribution in [2.75, 3.05) is 79.7 Å². The van der Waals surface area contributed by atoms with Gasteiger partial charge < -0.3 is 28.7 Å². The lowest BCUT2D eigenvalue weighted by molar-refractivity contribution is -0.159. The topological polar surface area (TPSA) is 87.3 Å². The number of benzene rings is 4. The van der Waals surface area contributed by atoms with Gasteiger partial charge in [-0.3, -0.25) is 24.3 Å². The lowest BCUT2D eigenvalue weighted by atomic mass is 9.86. The summed E-state index contributed by atoms with van der Waals surface area (Å²) in [7, 11) is 3.72. The Morgan fingerprint density at radius 1 is 0.486 bits per heavy atom. The number of carbonyl (C=O) groups is 2. The number of nitrogens with zero attached hydrogens (tertiary/aromatic N) is 5.